The molecule has 0 aliphatic carbocycles. The molecule has 0 aliphatic heterocycles. The number of nitrogens with one attached hydrogen (secondary N) is 2. The van der Waals surface area contributed by atoms with Gasteiger partial charge in [0.2, 0.25) is 5.91 Å². The normalized spacial score (nSPS) is 11.7. The minimum Gasteiger partial charge on any atom is -0.434 e. The molecule has 8 heteroatoms. The average Bonchev–Trinajstić information content (AvgIpc) is 2.51. The maximum absolute atomic E-state index is 12.4. The van der Waals surface area contributed by atoms with Crippen molar-refractivity contribution in [2.24, 2.45) is 5.92 Å². The van der Waals surface area contributed by atoms with Gasteiger partial charge in [0.25, 0.3) is 5.91 Å². The van der Waals surface area contributed by atoms with E-state index in [0.29, 0.717) is 6.42 Å². The standard InChI is InChI=1S/C16H19F2N3O3/c1-10(2)9-12(15(23)20-8-7-19)21-14(22)11-5-3-4-6-13(11)24-16(17)18/h3-6,10,12,16H,8-9H2,1-2H3,(H,20,23)(H,21,22)/t12-/m0/s1. The second-order valence-electron chi connectivity index (χ2n) is 5.41. The van der Waals surface area contributed by atoms with Crippen LogP contribution >= 0.6 is 0 Å². The minimum absolute atomic E-state index is 0.0932. The van der Waals surface area contributed by atoms with Gasteiger partial charge in [0.1, 0.15) is 18.3 Å². The Morgan fingerprint density at radius 3 is 2.54 bits per heavy atom. The van der Waals surface area contributed by atoms with Gasteiger partial charge < -0.3 is 15.4 Å². The molecule has 0 heterocycles. The number of amides is 2. The van der Waals surface area contributed by atoms with Gasteiger partial charge in [-0.05, 0) is 24.5 Å². The van der Waals surface area contributed by atoms with Crippen molar-refractivity contribution in [2.75, 3.05) is 6.54 Å². The number of halogens is 2. The highest BCUT2D eigenvalue weighted by molar-refractivity contribution is 5.99. The average molecular weight is 339 g/mol. The van der Waals surface area contributed by atoms with Crippen molar-refractivity contribution in [2.45, 2.75) is 32.9 Å². The zero-order valence-corrected chi connectivity index (χ0v) is 13.4. The van der Waals surface area contributed by atoms with E-state index < -0.39 is 24.5 Å². The summed E-state index contributed by atoms with van der Waals surface area (Å²) in [5.74, 6) is -1.39. The molecule has 0 saturated heterocycles. The first-order valence-corrected chi connectivity index (χ1v) is 7.34. The van der Waals surface area contributed by atoms with Crippen molar-refractivity contribution in [3.63, 3.8) is 0 Å². The molecular formula is C16H19F2N3O3. The van der Waals surface area contributed by atoms with Crippen molar-refractivity contribution in [1.29, 1.82) is 5.26 Å². The summed E-state index contributed by atoms with van der Waals surface area (Å²) in [5, 5.41) is 13.4. The number of carbonyl (C=O) groups is 2. The van der Waals surface area contributed by atoms with E-state index in [9.17, 15) is 18.4 Å². The lowest BCUT2D eigenvalue weighted by molar-refractivity contribution is -0.123. The predicted molar refractivity (Wildman–Crippen MR) is 82.4 cm³/mol. The number of carbonyl (C=O) groups excluding carboxylic acids is 2. The fraction of sp³-hybridized carbons (Fsp3) is 0.438. The topological polar surface area (TPSA) is 91.2 Å². The van der Waals surface area contributed by atoms with Gasteiger partial charge in [0.05, 0.1) is 11.6 Å². The second-order valence-corrected chi connectivity index (χ2v) is 5.41. The summed E-state index contributed by atoms with van der Waals surface area (Å²) in [4.78, 5) is 24.4. The molecule has 6 nitrogen and oxygen atoms in total. The van der Waals surface area contributed by atoms with E-state index in [0.717, 1.165) is 0 Å². The molecule has 0 aromatic heterocycles. The van der Waals surface area contributed by atoms with Crippen LogP contribution in [0, 0.1) is 17.2 Å². The summed E-state index contributed by atoms with van der Waals surface area (Å²) in [5.41, 5.74) is -0.0976. The largest absolute Gasteiger partial charge is 0.434 e. The summed E-state index contributed by atoms with van der Waals surface area (Å²) in [6.07, 6.45) is 0.334. The number of alkyl halides is 2. The zero-order valence-electron chi connectivity index (χ0n) is 13.4. The Hall–Kier alpha value is -2.69. The van der Waals surface area contributed by atoms with E-state index in [4.69, 9.17) is 5.26 Å². The third-order valence-corrected chi connectivity index (χ3v) is 3.02. The van der Waals surface area contributed by atoms with Crippen LogP contribution in [0.4, 0.5) is 8.78 Å². The van der Waals surface area contributed by atoms with Crippen LogP contribution in [0.2, 0.25) is 0 Å². The Labute approximate surface area is 138 Å². The number of nitrogens with zero attached hydrogens (tertiary/aromatic N) is 1. The summed E-state index contributed by atoms with van der Waals surface area (Å²) < 4.78 is 29.2. The Bertz CT molecular complexity index is 615. The van der Waals surface area contributed by atoms with Crippen molar-refractivity contribution in [3.05, 3.63) is 29.8 Å². The summed E-state index contributed by atoms with van der Waals surface area (Å²) >= 11 is 0. The van der Waals surface area contributed by atoms with Gasteiger partial charge in [0.15, 0.2) is 0 Å². The molecule has 0 spiro atoms. The quantitative estimate of drug-likeness (QED) is 0.709. The first-order valence-electron chi connectivity index (χ1n) is 7.34. The van der Waals surface area contributed by atoms with Crippen LogP contribution < -0.4 is 15.4 Å². The molecule has 130 valence electrons. The maximum atomic E-state index is 12.4. The van der Waals surface area contributed by atoms with Crippen LogP contribution in [0.3, 0.4) is 0 Å². The molecule has 24 heavy (non-hydrogen) atoms. The molecular weight excluding hydrogens is 320 g/mol. The van der Waals surface area contributed by atoms with E-state index in [-0.39, 0.29) is 23.8 Å². The Kier molecular flexibility index (Phi) is 7.62. The first-order chi connectivity index (χ1) is 11.3. The maximum Gasteiger partial charge on any atom is 0.387 e. The highest BCUT2D eigenvalue weighted by Gasteiger charge is 2.24. The molecule has 1 aromatic rings. The molecule has 0 aliphatic rings. The summed E-state index contributed by atoms with van der Waals surface area (Å²) in [6, 6.07) is 6.42. The van der Waals surface area contributed by atoms with Crippen molar-refractivity contribution >= 4 is 11.8 Å². The Balaban J connectivity index is 2.92. The van der Waals surface area contributed by atoms with Crippen molar-refractivity contribution in [1.82, 2.24) is 10.6 Å². The fourth-order valence-corrected chi connectivity index (χ4v) is 2.04. The number of hydrogen-bond donors (Lipinski definition) is 2. The highest BCUT2D eigenvalue weighted by Crippen LogP contribution is 2.20. The van der Waals surface area contributed by atoms with Gasteiger partial charge in [-0.25, -0.2) is 0 Å². The van der Waals surface area contributed by atoms with E-state index in [1.807, 2.05) is 13.8 Å². The van der Waals surface area contributed by atoms with Gasteiger partial charge in [-0.1, -0.05) is 26.0 Å². The zero-order chi connectivity index (χ0) is 18.1. The lowest BCUT2D eigenvalue weighted by Crippen LogP contribution is -2.47. The van der Waals surface area contributed by atoms with Crippen LogP contribution in [-0.2, 0) is 4.79 Å². The molecule has 0 unspecified atom stereocenters. The first kappa shape index (κ1) is 19.4. The van der Waals surface area contributed by atoms with Gasteiger partial charge >= 0.3 is 6.61 Å². The Morgan fingerprint density at radius 2 is 1.96 bits per heavy atom. The van der Waals surface area contributed by atoms with Crippen LogP contribution in [0.1, 0.15) is 30.6 Å². The number of nitriles is 1. The minimum atomic E-state index is -3.07. The van der Waals surface area contributed by atoms with Crippen LogP contribution in [-0.4, -0.2) is 31.0 Å². The lowest BCUT2D eigenvalue weighted by atomic mass is 10.0. The number of ether oxygens (including phenoxy) is 1. The third kappa shape index (κ3) is 6.20. The van der Waals surface area contributed by atoms with E-state index in [2.05, 4.69) is 15.4 Å². The molecule has 0 saturated carbocycles. The third-order valence-electron chi connectivity index (χ3n) is 3.02. The lowest BCUT2D eigenvalue weighted by Gasteiger charge is -2.20. The van der Waals surface area contributed by atoms with Gasteiger partial charge in [0, 0.05) is 0 Å². The predicted octanol–water partition coefficient (Wildman–Crippen LogP) is 2.07. The molecule has 0 fully saturated rings. The Morgan fingerprint density at radius 1 is 1.29 bits per heavy atom. The molecule has 1 atom stereocenters. The monoisotopic (exact) mass is 339 g/mol. The van der Waals surface area contributed by atoms with E-state index >= 15 is 0 Å². The van der Waals surface area contributed by atoms with Crippen LogP contribution in [0.5, 0.6) is 5.75 Å². The molecule has 1 aromatic carbocycles. The van der Waals surface area contributed by atoms with E-state index in [1.54, 1.807) is 6.07 Å². The van der Waals surface area contributed by atoms with E-state index in [1.165, 1.54) is 24.3 Å². The van der Waals surface area contributed by atoms with Crippen LogP contribution in [0.25, 0.3) is 0 Å². The van der Waals surface area contributed by atoms with Crippen molar-refractivity contribution in [3.8, 4) is 11.8 Å². The number of para-hydroxylation sites is 1. The van der Waals surface area contributed by atoms with Gasteiger partial charge in [-0.15, -0.1) is 0 Å². The number of rotatable bonds is 8. The highest BCUT2D eigenvalue weighted by atomic mass is 19.3. The van der Waals surface area contributed by atoms with Gasteiger partial charge in [-0.3, -0.25) is 9.59 Å². The number of benzene rings is 1. The smallest absolute Gasteiger partial charge is 0.387 e. The number of hydrogen-bond acceptors (Lipinski definition) is 4. The molecule has 2 N–H and O–H groups in total. The second kappa shape index (κ2) is 9.45. The SMILES string of the molecule is CC(C)C[C@H](NC(=O)c1ccccc1OC(F)F)C(=O)NCC#N. The van der Waals surface area contributed by atoms with Crippen LogP contribution in [0.15, 0.2) is 24.3 Å². The molecule has 1 rings (SSSR count). The van der Waals surface area contributed by atoms with Crippen molar-refractivity contribution < 1.29 is 23.1 Å². The summed E-state index contributed by atoms with van der Waals surface area (Å²) in [6.45, 7) is 0.480. The molecule has 0 radical (unpaired) electrons. The fourth-order valence-electron chi connectivity index (χ4n) is 2.04. The molecule has 0 bridgehead atoms. The molecule has 2 amide bonds. The summed E-state index contributed by atoms with van der Waals surface area (Å²) in [7, 11) is 0. The van der Waals surface area contributed by atoms with Gasteiger partial charge in [-0.2, -0.15) is 14.0 Å².